The first-order valence-corrected chi connectivity index (χ1v) is 12.3. The third kappa shape index (κ3) is 6.17. The monoisotopic (exact) mass is 461 g/mol. The molecule has 1 aliphatic heterocycles. The van der Waals surface area contributed by atoms with Crippen molar-refractivity contribution in [3.8, 4) is 0 Å². The summed E-state index contributed by atoms with van der Waals surface area (Å²) in [5.74, 6) is -0.282. The molecule has 0 atom stereocenters. The van der Waals surface area contributed by atoms with Crippen LogP contribution in [0.3, 0.4) is 0 Å². The number of carbonyl (C=O) groups excluding carboxylic acids is 2. The first kappa shape index (κ1) is 23.9. The highest BCUT2D eigenvalue weighted by molar-refractivity contribution is 7.89. The molecule has 9 nitrogen and oxygen atoms in total. The fraction of sp³-hybridized carbons (Fsp3) is 0.500. The zero-order valence-electron chi connectivity index (χ0n) is 18.7. The van der Waals surface area contributed by atoms with E-state index in [2.05, 4.69) is 10.4 Å². The number of amides is 2. The summed E-state index contributed by atoms with van der Waals surface area (Å²) in [5, 5.41) is 6.92. The van der Waals surface area contributed by atoms with Gasteiger partial charge in [0.15, 0.2) is 0 Å². The zero-order valence-corrected chi connectivity index (χ0v) is 19.5. The van der Waals surface area contributed by atoms with Gasteiger partial charge in [-0.1, -0.05) is 12.1 Å². The Morgan fingerprint density at radius 1 is 1.09 bits per heavy atom. The van der Waals surface area contributed by atoms with Crippen molar-refractivity contribution in [3.05, 3.63) is 47.8 Å². The van der Waals surface area contributed by atoms with Crippen molar-refractivity contribution in [1.29, 1.82) is 0 Å². The Kier molecular flexibility index (Phi) is 8.03. The van der Waals surface area contributed by atoms with E-state index >= 15 is 0 Å². The number of hydrogen-bond acceptors (Lipinski definition) is 5. The van der Waals surface area contributed by atoms with Crippen LogP contribution >= 0.6 is 0 Å². The molecule has 0 saturated carbocycles. The third-order valence-electron chi connectivity index (χ3n) is 5.56. The van der Waals surface area contributed by atoms with Crippen LogP contribution in [-0.4, -0.2) is 71.9 Å². The number of nitrogens with zero attached hydrogens (tertiary/aromatic N) is 4. The van der Waals surface area contributed by atoms with Gasteiger partial charge < -0.3 is 10.2 Å². The quantitative estimate of drug-likeness (QED) is 0.567. The van der Waals surface area contributed by atoms with Gasteiger partial charge in [0.1, 0.15) is 0 Å². The van der Waals surface area contributed by atoms with Crippen LogP contribution in [0.4, 0.5) is 0 Å². The minimum Gasteiger partial charge on any atom is -0.356 e. The minimum atomic E-state index is -3.59. The summed E-state index contributed by atoms with van der Waals surface area (Å²) in [5.41, 5.74) is 1.60. The van der Waals surface area contributed by atoms with Crippen LogP contribution in [0.15, 0.2) is 41.6 Å². The van der Waals surface area contributed by atoms with Gasteiger partial charge >= 0.3 is 0 Å². The lowest BCUT2D eigenvalue weighted by atomic mass is 10.2. The number of sulfonamides is 1. The van der Waals surface area contributed by atoms with Gasteiger partial charge in [0, 0.05) is 64.5 Å². The second-order valence-corrected chi connectivity index (χ2v) is 9.93. The maximum atomic E-state index is 13.0. The Hall–Kier alpha value is -2.72. The highest BCUT2D eigenvalue weighted by Crippen LogP contribution is 2.22. The van der Waals surface area contributed by atoms with Crippen LogP contribution in [0.5, 0.6) is 0 Å². The number of piperazine rings is 1. The summed E-state index contributed by atoms with van der Waals surface area (Å²) in [6, 6.07) is 7.24. The molecule has 1 aromatic heterocycles. The predicted molar refractivity (Wildman–Crippen MR) is 120 cm³/mol. The molecule has 3 rings (SSSR count). The zero-order chi connectivity index (χ0) is 23.1. The topological polar surface area (TPSA) is 105 Å². The van der Waals surface area contributed by atoms with Crippen molar-refractivity contribution in [2.75, 3.05) is 32.7 Å². The first-order valence-electron chi connectivity index (χ1n) is 10.9. The van der Waals surface area contributed by atoms with E-state index in [1.807, 2.05) is 31.3 Å². The lowest BCUT2D eigenvalue weighted by Crippen LogP contribution is -2.50. The van der Waals surface area contributed by atoms with Crippen LogP contribution in [-0.2, 0) is 26.2 Å². The molecule has 1 N–H and O–H groups in total. The molecular formula is C22H31N5O4S. The highest BCUT2D eigenvalue weighted by Gasteiger charge is 2.31. The Labute approximate surface area is 189 Å². The Morgan fingerprint density at radius 2 is 1.84 bits per heavy atom. The maximum absolute atomic E-state index is 13.0. The van der Waals surface area contributed by atoms with Crippen LogP contribution in [0.2, 0.25) is 0 Å². The molecule has 0 bridgehead atoms. The fourth-order valence-electron chi connectivity index (χ4n) is 3.67. The molecule has 0 radical (unpaired) electrons. The van der Waals surface area contributed by atoms with Gasteiger partial charge in [-0.25, -0.2) is 8.42 Å². The first-order chi connectivity index (χ1) is 15.3. The lowest BCUT2D eigenvalue weighted by Gasteiger charge is -2.34. The number of nitrogens with one attached hydrogen (secondary N) is 1. The summed E-state index contributed by atoms with van der Waals surface area (Å²) < 4.78 is 29.3. The number of rotatable bonds is 9. The summed E-state index contributed by atoms with van der Waals surface area (Å²) in [6.07, 6.45) is 4.59. The molecule has 1 aromatic carbocycles. The average molecular weight is 462 g/mol. The maximum Gasteiger partial charge on any atom is 0.243 e. The highest BCUT2D eigenvalue weighted by atomic mass is 32.2. The van der Waals surface area contributed by atoms with Crippen molar-refractivity contribution in [2.24, 2.45) is 0 Å². The Balaban J connectivity index is 1.40. The lowest BCUT2D eigenvalue weighted by molar-refractivity contribution is -0.134. The smallest absolute Gasteiger partial charge is 0.243 e. The van der Waals surface area contributed by atoms with Gasteiger partial charge in [0.25, 0.3) is 0 Å². The second-order valence-electron chi connectivity index (χ2n) is 8.03. The van der Waals surface area contributed by atoms with E-state index < -0.39 is 10.0 Å². The van der Waals surface area contributed by atoms with E-state index in [1.165, 1.54) is 4.31 Å². The van der Waals surface area contributed by atoms with E-state index in [1.54, 1.807) is 28.8 Å². The van der Waals surface area contributed by atoms with Gasteiger partial charge in [-0.05, 0) is 43.5 Å². The van der Waals surface area contributed by atoms with Gasteiger partial charge in [-0.2, -0.15) is 9.40 Å². The van der Waals surface area contributed by atoms with Crippen molar-refractivity contribution in [1.82, 2.24) is 24.3 Å². The molecule has 2 heterocycles. The van der Waals surface area contributed by atoms with Crippen molar-refractivity contribution < 1.29 is 18.0 Å². The number of carbonyl (C=O) groups is 2. The SMILES string of the molecule is Cc1ccc(C)c(S(=O)(=O)N2CCN(C(=O)CCC(=O)NCCCn3cccn3)CC2)c1. The normalized spacial score (nSPS) is 15.0. The molecule has 0 aliphatic carbocycles. The molecule has 1 aliphatic rings. The van der Waals surface area contributed by atoms with Gasteiger partial charge in [-0.15, -0.1) is 0 Å². The molecule has 1 saturated heterocycles. The van der Waals surface area contributed by atoms with Crippen molar-refractivity contribution in [3.63, 3.8) is 0 Å². The molecule has 1 fully saturated rings. The Bertz CT molecular complexity index is 1030. The van der Waals surface area contributed by atoms with E-state index in [4.69, 9.17) is 0 Å². The number of aryl methyl sites for hydroxylation is 3. The average Bonchev–Trinajstić information content (AvgIpc) is 3.30. The molecule has 2 amide bonds. The summed E-state index contributed by atoms with van der Waals surface area (Å²) >= 11 is 0. The second kappa shape index (κ2) is 10.7. The molecule has 0 spiro atoms. The van der Waals surface area contributed by atoms with Crippen LogP contribution in [0.25, 0.3) is 0 Å². The molecular weight excluding hydrogens is 430 g/mol. The Morgan fingerprint density at radius 3 is 2.53 bits per heavy atom. The standard InChI is InChI=1S/C22H31N5O4S/c1-18-5-6-19(2)20(17-18)32(30,31)27-15-13-25(14-16-27)22(29)8-7-21(28)23-9-3-11-26-12-4-10-24-26/h4-6,10,12,17H,3,7-9,11,13-16H2,1-2H3,(H,23,28). The molecule has 2 aromatic rings. The molecule has 32 heavy (non-hydrogen) atoms. The van der Waals surface area contributed by atoms with Gasteiger partial charge in [0.05, 0.1) is 4.90 Å². The summed E-state index contributed by atoms with van der Waals surface area (Å²) in [4.78, 5) is 26.4. The number of hydrogen-bond donors (Lipinski definition) is 1. The molecule has 10 heteroatoms. The summed E-state index contributed by atoms with van der Waals surface area (Å²) in [7, 11) is -3.59. The third-order valence-corrected chi connectivity index (χ3v) is 7.60. The molecule has 174 valence electrons. The van der Waals surface area contributed by atoms with E-state index in [-0.39, 0.29) is 37.7 Å². The van der Waals surface area contributed by atoms with Gasteiger partial charge in [-0.3, -0.25) is 14.3 Å². The van der Waals surface area contributed by atoms with Crippen LogP contribution in [0, 0.1) is 13.8 Å². The number of aromatic nitrogens is 2. The van der Waals surface area contributed by atoms with Gasteiger partial charge in [0.2, 0.25) is 21.8 Å². The van der Waals surface area contributed by atoms with Crippen molar-refractivity contribution in [2.45, 2.75) is 44.6 Å². The van der Waals surface area contributed by atoms with Crippen molar-refractivity contribution >= 4 is 21.8 Å². The predicted octanol–water partition coefficient (Wildman–Crippen LogP) is 1.32. The van der Waals surface area contributed by atoms with E-state index in [0.29, 0.717) is 30.1 Å². The number of benzene rings is 1. The summed E-state index contributed by atoms with van der Waals surface area (Å²) in [6.45, 7) is 6.06. The van der Waals surface area contributed by atoms with Crippen LogP contribution < -0.4 is 5.32 Å². The largest absolute Gasteiger partial charge is 0.356 e. The minimum absolute atomic E-state index is 0.120. The fourth-order valence-corrected chi connectivity index (χ4v) is 5.40. The van der Waals surface area contributed by atoms with E-state index in [9.17, 15) is 18.0 Å². The molecule has 0 unspecified atom stereocenters. The van der Waals surface area contributed by atoms with Crippen LogP contribution in [0.1, 0.15) is 30.4 Å². The van der Waals surface area contributed by atoms with E-state index in [0.717, 1.165) is 18.5 Å².